The molecule has 0 saturated carbocycles. The molecule has 51 heavy (non-hydrogen) atoms. The third-order valence-corrected chi connectivity index (χ3v) is 12.4. The number of piperazine rings is 1. The van der Waals surface area contributed by atoms with Crippen LogP contribution in [0.4, 0.5) is 4.79 Å². The van der Waals surface area contributed by atoms with Crippen LogP contribution in [0.25, 0.3) is 0 Å². The highest BCUT2D eigenvalue weighted by Gasteiger charge is 2.62. The molecule has 2 aliphatic heterocycles. The molecule has 0 radical (unpaired) electrons. The molecule has 3 N–H and O–H groups in total. The second kappa shape index (κ2) is 14.7. The topological polar surface area (TPSA) is 138 Å². The Morgan fingerprint density at radius 3 is 2.25 bits per heavy atom. The van der Waals surface area contributed by atoms with Crippen molar-refractivity contribution in [3.63, 3.8) is 0 Å². The smallest absolute Gasteiger partial charge is 0.326 e. The number of carbonyl (C=O) groups excluding carboxylic acids is 2. The minimum atomic E-state index is -4.15. The van der Waals surface area contributed by atoms with Gasteiger partial charge in [0.15, 0.2) is 0 Å². The number of nitrogens with one attached hydrogen (secondary N) is 1. The summed E-state index contributed by atoms with van der Waals surface area (Å²) in [6.45, 7) is 12.8. The van der Waals surface area contributed by atoms with Crippen molar-refractivity contribution >= 4 is 62.6 Å². The summed E-state index contributed by atoms with van der Waals surface area (Å²) in [5, 5.41) is 1.08. The second-order valence-corrected chi connectivity index (χ2v) is 17.3. The third-order valence-electron chi connectivity index (χ3n) is 9.68. The van der Waals surface area contributed by atoms with Crippen LogP contribution >= 0.6 is 34.8 Å². The summed E-state index contributed by atoms with van der Waals surface area (Å²) in [5.74, 6) is -0.192. The summed E-state index contributed by atoms with van der Waals surface area (Å²) in [7, 11) is -4.15. The van der Waals surface area contributed by atoms with Gasteiger partial charge in [-0.3, -0.25) is 19.6 Å². The molecule has 3 atom stereocenters. The van der Waals surface area contributed by atoms with Gasteiger partial charge in [-0.1, -0.05) is 59.1 Å². The van der Waals surface area contributed by atoms with Gasteiger partial charge in [-0.25, -0.2) is 17.9 Å². The van der Waals surface area contributed by atoms with Gasteiger partial charge in [-0.05, 0) is 77.8 Å². The van der Waals surface area contributed by atoms with Crippen molar-refractivity contribution in [1.82, 2.24) is 19.4 Å². The largest absolute Gasteiger partial charge is 0.493 e. The number of halogens is 3. The Hall–Kier alpha value is -3.13. The Morgan fingerprint density at radius 1 is 1.06 bits per heavy atom. The first-order chi connectivity index (χ1) is 23.8. The van der Waals surface area contributed by atoms with Crippen molar-refractivity contribution in [3.05, 3.63) is 80.8 Å². The molecule has 3 aliphatic rings. The van der Waals surface area contributed by atoms with Crippen LogP contribution in [0, 0.1) is 5.92 Å². The Bertz CT molecular complexity index is 1890. The number of nitrogens with two attached hydrogens (primary N) is 1. The standard InChI is InChI=1S/C36H45Cl3N6O5S/c1-7-50-29-21-28(39)30(51(48,49)42-34(2,3)4)20-27(29)32-41-35(5,23-8-12-25(37)13-9-23)36(6,24-10-14-26(38)15-11-24)45(32)33(47)44-18-16-43(17-19-44)22-31(40)46/h8,10-15,20-21,23,42H,7,9,16-19,22H2,1-6H3,(H2,40,46)/t23?,35-,36+/m0/s1. The SMILES string of the molecule is CCOc1cc(Cl)c(S(=O)(=O)NC(C)(C)C)cc1C1=N[C@@](C)(C2C=CC(Cl)=CC2)[C@@](C)(c2ccc(Cl)cc2)N1C(=O)N1CCN(CC(N)=O)CC1. The van der Waals surface area contributed by atoms with Crippen LogP contribution in [0.15, 0.2) is 69.5 Å². The first-order valence-electron chi connectivity index (χ1n) is 16.8. The molecular formula is C36H45Cl3N6O5S. The van der Waals surface area contributed by atoms with E-state index in [1.807, 2.05) is 49.1 Å². The number of hydrogen-bond acceptors (Lipinski definition) is 7. The summed E-state index contributed by atoms with van der Waals surface area (Å²) in [6.07, 6.45) is 6.29. The maximum atomic E-state index is 15.2. The number of ether oxygens (including phenoxy) is 1. The second-order valence-electron chi connectivity index (χ2n) is 14.4. The number of benzene rings is 2. The number of amidine groups is 1. The average Bonchev–Trinajstić information content (AvgIpc) is 3.28. The molecule has 2 heterocycles. The Kier molecular flexibility index (Phi) is 11.3. The van der Waals surface area contributed by atoms with E-state index in [-0.39, 0.29) is 52.2 Å². The van der Waals surface area contributed by atoms with Gasteiger partial charge in [-0.15, -0.1) is 0 Å². The van der Waals surface area contributed by atoms with Gasteiger partial charge in [0.2, 0.25) is 15.9 Å². The number of nitrogens with zero attached hydrogens (tertiary/aromatic N) is 4. The number of aliphatic imine (C=N–C) groups is 1. The van der Waals surface area contributed by atoms with E-state index in [2.05, 4.69) is 4.72 Å². The molecule has 1 aliphatic carbocycles. The summed E-state index contributed by atoms with van der Waals surface area (Å²) >= 11 is 19.5. The average molecular weight is 780 g/mol. The van der Waals surface area contributed by atoms with Gasteiger partial charge in [0.05, 0.1) is 34.8 Å². The maximum Gasteiger partial charge on any atom is 0.326 e. The molecule has 1 fully saturated rings. The fourth-order valence-corrected chi connectivity index (χ4v) is 9.29. The number of amides is 3. The van der Waals surface area contributed by atoms with E-state index >= 15 is 4.79 Å². The lowest BCUT2D eigenvalue weighted by molar-refractivity contribution is -0.119. The third kappa shape index (κ3) is 7.82. The zero-order valence-electron chi connectivity index (χ0n) is 29.7. The molecule has 0 aromatic heterocycles. The first kappa shape index (κ1) is 39.1. The first-order valence-corrected chi connectivity index (χ1v) is 19.4. The molecule has 15 heteroatoms. The predicted octanol–water partition coefficient (Wildman–Crippen LogP) is 6.13. The molecule has 1 unspecified atom stereocenters. The van der Waals surface area contributed by atoms with Crippen LogP contribution in [0.1, 0.15) is 59.1 Å². The number of urea groups is 1. The Labute approximate surface area is 315 Å². The van der Waals surface area contributed by atoms with E-state index in [0.717, 1.165) is 5.56 Å². The van der Waals surface area contributed by atoms with Gasteiger partial charge in [-0.2, -0.15) is 0 Å². The lowest BCUT2D eigenvalue weighted by Gasteiger charge is -2.49. The maximum absolute atomic E-state index is 15.2. The molecule has 5 rings (SSSR count). The minimum absolute atomic E-state index is 0.0424. The summed E-state index contributed by atoms with van der Waals surface area (Å²) in [5.41, 5.74) is 3.51. The van der Waals surface area contributed by atoms with Gasteiger partial charge in [0.1, 0.15) is 16.5 Å². The summed E-state index contributed by atoms with van der Waals surface area (Å²) < 4.78 is 36.4. The summed E-state index contributed by atoms with van der Waals surface area (Å²) in [4.78, 5) is 37.4. The Morgan fingerprint density at radius 2 is 1.71 bits per heavy atom. The highest BCUT2D eigenvalue weighted by Crippen LogP contribution is 2.54. The lowest BCUT2D eigenvalue weighted by Crippen LogP contribution is -2.63. The number of sulfonamides is 1. The monoisotopic (exact) mass is 778 g/mol. The lowest BCUT2D eigenvalue weighted by atomic mass is 9.66. The van der Waals surface area contributed by atoms with E-state index in [9.17, 15) is 13.2 Å². The number of hydrogen-bond donors (Lipinski definition) is 2. The van der Waals surface area contributed by atoms with Crippen molar-refractivity contribution in [2.24, 2.45) is 16.6 Å². The fourth-order valence-electron chi connectivity index (χ4n) is 7.04. The highest BCUT2D eigenvalue weighted by molar-refractivity contribution is 7.89. The number of rotatable bonds is 9. The molecule has 1 saturated heterocycles. The highest BCUT2D eigenvalue weighted by atomic mass is 35.5. The quantitative estimate of drug-likeness (QED) is 0.315. The minimum Gasteiger partial charge on any atom is -0.493 e. The number of primary amides is 1. The number of carbonyl (C=O) groups is 2. The van der Waals surface area contributed by atoms with Crippen LogP contribution in [0.5, 0.6) is 5.75 Å². The van der Waals surface area contributed by atoms with Crippen LogP contribution in [0.2, 0.25) is 10.0 Å². The van der Waals surface area contributed by atoms with E-state index in [4.69, 9.17) is 50.3 Å². The van der Waals surface area contributed by atoms with Crippen LogP contribution in [0.3, 0.4) is 0 Å². The van der Waals surface area contributed by atoms with Gasteiger partial charge >= 0.3 is 6.03 Å². The normalized spacial score (nSPS) is 24.4. The van der Waals surface area contributed by atoms with E-state index in [0.29, 0.717) is 42.7 Å². The van der Waals surface area contributed by atoms with Crippen LogP contribution < -0.4 is 15.2 Å². The zero-order valence-corrected chi connectivity index (χ0v) is 32.8. The molecule has 2 aromatic carbocycles. The van der Waals surface area contributed by atoms with E-state index < -0.39 is 32.5 Å². The molecule has 3 amide bonds. The summed E-state index contributed by atoms with van der Waals surface area (Å²) in [6, 6.07) is 9.86. The van der Waals surface area contributed by atoms with Crippen LogP contribution in [-0.2, 0) is 20.4 Å². The molecule has 0 spiro atoms. The van der Waals surface area contributed by atoms with Crippen molar-refractivity contribution in [2.45, 2.75) is 69.5 Å². The number of allylic oxidation sites excluding steroid dienone is 3. The molecule has 276 valence electrons. The molecule has 2 aromatic rings. The van der Waals surface area contributed by atoms with E-state index in [1.165, 1.54) is 12.1 Å². The molecule has 11 nitrogen and oxygen atoms in total. The van der Waals surface area contributed by atoms with Gasteiger partial charge in [0, 0.05) is 53.8 Å². The van der Waals surface area contributed by atoms with Gasteiger partial charge in [0.25, 0.3) is 0 Å². The fraction of sp³-hybridized carbons (Fsp3) is 0.472. The van der Waals surface area contributed by atoms with Crippen molar-refractivity contribution in [1.29, 1.82) is 0 Å². The van der Waals surface area contributed by atoms with Crippen molar-refractivity contribution in [3.8, 4) is 5.75 Å². The van der Waals surface area contributed by atoms with Crippen molar-refractivity contribution in [2.75, 3.05) is 39.3 Å². The van der Waals surface area contributed by atoms with E-state index in [1.54, 1.807) is 49.6 Å². The molecular weight excluding hydrogens is 735 g/mol. The predicted molar refractivity (Wildman–Crippen MR) is 202 cm³/mol. The van der Waals surface area contributed by atoms with Crippen LogP contribution in [-0.4, -0.2) is 91.3 Å². The Balaban J connectivity index is 1.77. The molecule has 0 bridgehead atoms. The zero-order chi connectivity index (χ0) is 37.5. The van der Waals surface area contributed by atoms with Crippen molar-refractivity contribution < 1.29 is 22.7 Å². The van der Waals surface area contributed by atoms with Gasteiger partial charge < -0.3 is 15.4 Å².